The summed E-state index contributed by atoms with van der Waals surface area (Å²) in [6, 6.07) is 7.65. The number of hydrogen-bond acceptors (Lipinski definition) is 7. The molecule has 0 saturated carbocycles. The minimum absolute atomic E-state index is 0.0816. The quantitative estimate of drug-likeness (QED) is 0.477. The van der Waals surface area contributed by atoms with Crippen molar-refractivity contribution >= 4 is 50.2 Å². The highest BCUT2D eigenvalue weighted by molar-refractivity contribution is 7.99. The van der Waals surface area contributed by atoms with Gasteiger partial charge in [-0.1, -0.05) is 40.8 Å². The number of thioether (sulfide) groups is 1. The van der Waals surface area contributed by atoms with Crippen LogP contribution < -0.4 is 15.8 Å². The maximum Gasteiger partial charge on any atom is 0.273 e. The molecule has 0 unspecified atom stereocenters. The molecule has 1 N–H and O–H groups in total. The van der Waals surface area contributed by atoms with Gasteiger partial charge in [-0.05, 0) is 38.8 Å². The number of hydrogen-bond donors (Lipinski definition) is 1. The van der Waals surface area contributed by atoms with Crippen molar-refractivity contribution in [3.05, 3.63) is 40.2 Å². The summed E-state index contributed by atoms with van der Waals surface area (Å²) in [6.45, 7) is 6.36. The third-order valence-electron chi connectivity index (χ3n) is 4.83. The number of benzene rings is 1. The number of anilines is 2. The molecule has 3 heterocycles. The second-order valence-corrected chi connectivity index (χ2v) is 8.91. The summed E-state index contributed by atoms with van der Waals surface area (Å²) in [5.74, 6) is 0.0430. The van der Waals surface area contributed by atoms with E-state index in [4.69, 9.17) is 0 Å². The largest absolute Gasteiger partial charge is 0.348 e. The molecule has 0 radical (unpaired) electrons. The molecule has 0 spiro atoms. The molecule has 29 heavy (non-hydrogen) atoms. The number of carbonyl (C=O) groups excluding carboxylic acids is 1. The Morgan fingerprint density at radius 1 is 1.21 bits per heavy atom. The van der Waals surface area contributed by atoms with Crippen LogP contribution in [0.5, 0.6) is 0 Å². The van der Waals surface area contributed by atoms with Crippen LogP contribution in [0.15, 0.2) is 34.2 Å². The minimum Gasteiger partial charge on any atom is -0.348 e. The lowest BCUT2D eigenvalue weighted by atomic mass is 10.2. The lowest BCUT2D eigenvalue weighted by Gasteiger charge is -2.11. The fourth-order valence-corrected chi connectivity index (χ4v) is 5.13. The van der Waals surface area contributed by atoms with Crippen LogP contribution >= 0.6 is 23.1 Å². The number of thiazole rings is 1. The highest BCUT2D eigenvalue weighted by Gasteiger charge is 2.20. The molecule has 2 aromatic heterocycles. The summed E-state index contributed by atoms with van der Waals surface area (Å²) >= 11 is 2.68. The van der Waals surface area contributed by atoms with E-state index >= 15 is 0 Å². The average Bonchev–Trinajstić information content (AvgIpc) is 3.38. The monoisotopic (exact) mass is 429 g/mol. The molecule has 0 bridgehead atoms. The lowest BCUT2D eigenvalue weighted by Crippen LogP contribution is -2.23. The second-order valence-electron chi connectivity index (χ2n) is 6.99. The molecule has 1 saturated heterocycles. The van der Waals surface area contributed by atoms with Gasteiger partial charge in [0.2, 0.25) is 5.91 Å². The van der Waals surface area contributed by atoms with Gasteiger partial charge in [0.05, 0.1) is 5.75 Å². The van der Waals surface area contributed by atoms with E-state index in [1.54, 1.807) is 4.57 Å². The van der Waals surface area contributed by atoms with Crippen molar-refractivity contribution in [2.24, 2.45) is 0 Å². The summed E-state index contributed by atoms with van der Waals surface area (Å²) in [5, 5.41) is 4.27. The third-order valence-corrected chi connectivity index (χ3v) is 6.90. The number of aromatic nitrogens is 3. The Labute approximate surface area is 177 Å². The molecule has 3 aromatic rings. The average molecular weight is 430 g/mol. The number of nitrogens with zero attached hydrogens (tertiary/aromatic N) is 4. The summed E-state index contributed by atoms with van der Waals surface area (Å²) in [6.07, 6.45) is 2.31. The van der Waals surface area contributed by atoms with Crippen molar-refractivity contribution in [1.29, 1.82) is 0 Å². The minimum atomic E-state index is -0.133. The molecule has 0 aliphatic carbocycles. The van der Waals surface area contributed by atoms with Gasteiger partial charge in [0, 0.05) is 25.3 Å². The van der Waals surface area contributed by atoms with Crippen molar-refractivity contribution in [3.63, 3.8) is 0 Å². The van der Waals surface area contributed by atoms with E-state index in [1.807, 2.05) is 38.1 Å². The first kappa shape index (κ1) is 19.9. The Morgan fingerprint density at radius 2 is 1.93 bits per heavy atom. The molecule has 1 aromatic carbocycles. The van der Waals surface area contributed by atoms with Crippen LogP contribution in [-0.2, 0) is 11.3 Å². The molecule has 0 atom stereocenters. The first-order valence-electron chi connectivity index (χ1n) is 9.71. The number of nitrogens with one attached hydrogen (secondary N) is 1. The summed E-state index contributed by atoms with van der Waals surface area (Å²) in [5.41, 5.74) is 2.29. The Kier molecular flexibility index (Phi) is 5.86. The maximum atomic E-state index is 12.9. The Bertz CT molecular complexity index is 1080. The zero-order chi connectivity index (χ0) is 20.4. The SMILES string of the molecule is CCn1c(SCC(=O)Nc2ccc(C)cc2)nc2nc(N3CCCC3)sc2c1=O. The molecule has 1 amide bonds. The van der Waals surface area contributed by atoms with Crippen LogP contribution in [0.25, 0.3) is 10.3 Å². The van der Waals surface area contributed by atoms with Gasteiger partial charge in [-0.15, -0.1) is 0 Å². The molecule has 4 rings (SSSR count). The van der Waals surface area contributed by atoms with Crippen LogP contribution in [0.4, 0.5) is 10.8 Å². The van der Waals surface area contributed by atoms with Crippen molar-refractivity contribution in [2.75, 3.05) is 29.1 Å². The molecule has 1 aliphatic rings. The van der Waals surface area contributed by atoms with Gasteiger partial charge in [0.1, 0.15) is 4.70 Å². The van der Waals surface area contributed by atoms with E-state index in [-0.39, 0.29) is 17.2 Å². The molecule has 9 heteroatoms. The van der Waals surface area contributed by atoms with Crippen molar-refractivity contribution < 1.29 is 4.79 Å². The molecule has 1 fully saturated rings. The Hall–Kier alpha value is -2.39. The summed E-state index contributed by atoms with van der Waals surface area (Å²) < 4.78 is 2.21. The number of amides is 1. The van der Waals surface area contributed by atoms with Gasteiger partial charge in [-0.3, -0.25) is 14.2 Å². The number of rotatable bonds is 6. The zero-order valence-electron chi connectivity index (χ0n) is 16.5. The third kappa shape index (κ3) is 4.30. The fraction of sp³-hybridized carbons (Fsp3) is 0.400. The van der Waals surface area contributed by atoms with Gasteiger partial charge in [-0.2, -0.15) is 4.98 Å². The van der Waals surface area contributed by atoms with E-state index in [1.165, 1.54) is 23.1 Å². The highest BCUT2D eigenvalue weighted by atomic mass is 32.2. The van der Waals surface area contributed by atoms with E-state index < -0.39 is 0 Å². The van der Waals surface area contributed by atoms with Gasteiger partial charge in [0.15, 0.2) is 15.9 Å². The first-order valence-corrected chi connectivity index (χ1v) is 11.5. The number of carbonyl (C=O) groups is 1. The smallest absolute Gasteiger partial charge is 0.273 e. The van der Waals surface area contributed by atoms with Crippen LogP contribution in [0.3, 0.4) is 0 Å². The van der Waals surface area contributed by atoms with E-state index in [0.717, 1.165) is 42.3 Å². The van der Waals surface area contributed by atoms with Crippen LogP contribution in [-0.4, -0.2) is 39.3 Å². The van der Waals surface area contributed by atoms with Crippen molar-refractivity contribution in [3.8, 4) is 0 Å². The van der Waals surface area contributed by atoms with Gasteiger partial charge in [0.25, 0.3) is 5.56 Å². The van der Waals surface area contributed by atoms with E-state index in [9.17, 15) is 9.59 Å². The fourth-order valence-electron chi connectivity index (χ4n) is 3.27. The predicted octanol–water partition coefficient (Wildman–Crippen LogP) is 3.51. The maximum absolute atomic E-state index is 12.9. The first-order chi connectivity index (χ1) is 14.0. The highest BCUT2D eigenvalue weighted by Crippen LogP contribution is 2.29. The Balaban J connectivity index is 1.53. The van der Waals surface area contributed by atoms with Crippen LogP contribution in [0.2, 0.25) is 0 Å². The van der Waals surface area contributed by atoms with Crippen molar-refractivity contribution in [2.45, 2.75) is 38.4 Å². The topological polar surface area (TPSA) is 80.1 Å². The van der Waals surface area contributed by atoms with E-state index in [2.05, 4.69) is 20.2 Å². The molecular weight excluding hydrogens is 406 g/mol. The molecule has 7 nitrogen and oxygen atoms in total. The number of aryl methyl sites for hydroxylation is 1. The van der Waals surface area contributed by atoms with Crippen molar-refractivity contribution in [1.82, 2.24) is 14.5 Å². The Morgan fingerprint density at radius 3 is 2.62 bits per heavy atom. The summed E-state index contributed by atoms with van der Waals surface area (Å²) in [7, 11) is 0. The molecular formula is C20H23N5O2S2. The zero-order valence-corrected chi connectivity index (χ0v) is 18.1. The standard InChI is InChI=1S/C20H23N5O2S2/c1-3-25-18(27)16-17(22-19(29-16)24-10-4-5-11-24)23-20(25)28-12-15(26)21-14-8-6-13(2)7-9-14/h6-9H,3-5,10-12H2,1-2H3,(H,21,26). The lowest BCUT2D eigenvalue weighted by molar-refractivity contribution is -0.113. The molecule has 1 aliphatic heterocycles. The predicted molar refractivity (Wildman–Crippen MR) is 119 cm³/mol. The van der Waals surface area contributed by atoms with Gasteiger partial charge in [-0.25, -0.2) is 4.98 Å². The van der Waals surface area contributed by atoms with E-state index in [0.29, 0.717) is 22.0 Å². The van der Waals surface area contributed by atoms with Crippen LogP contribution in [0.1, 0.15) is 25.3 Å². The number of fused-ring (bicyclic) bond motifs is 1. The second kappa shape index (κ2) is 8.54. The normalized spacial score (nSPS) is 13.9. The van der Waals surface area contributed by atoms with Crippen LogP contribution in [0, 0.1) is 6.92 Å². The molecule has 152 valence electrons. The van der Waals surface area contributed by atoms with Gasteiger partial charge >= 0.3 is 0 Å². The summed E-state index contributed by atoms with van der Waals surface area (Å²) in [4.78, 5) is 36.7. The van der Waals surface area contributed by atoms with Gasteiger partial charge < -0.3 is 10.2 Å².